The van der Waals surface area contributed by atoms with Gasteiger partial charge in [0.05, 0.1) is 11.3 Å². The SMILES string of the molecule is CN(c1ccc2c(c1)OCO2)S(=O)(=O)c1ccccc1C#N. The minimum atomic E-state index is -3.84. The van der Waals surface area contributed by atoms with Crippen molar-refractivity contribution < 1.29 is 17.9 Å². The Balaban J connectivity index is 2.04. The van der Waals surface area contributed by atoms with E-state index in [1.807, 2.05) is 6.07 Å². The van der Waals surface area contributed by atoms with E-state index in [-0.39, 0.29) is 17.3 Å². The van der Waals surface area contributed by atoms with E-state index in [0.29, 0.717) is 17.2 Å². The molecule has 1 heterocycles. The molecule has 0 aromatic heterocycles. The average Bonchev–Trinajstić information content (AvgIpc) is 3.01. The molecule has 1 aliphatic rings. The number of sulfonamides is 1. The Hall–Kier alpha value is -2.72. The minimum Gasteiger partial charge on any atom is -0.454 e. The highest BCUT2D eigenvalue weighted by molar-refractivity contribution is 7.92. The second-order valence-corrected chi connectivity index (χ2v) is 6.56. The highest BCUT2D eigenvalue weighted by atomic mass is 32.2. The van der Waals surface area contributed by atoms with Crippen LogP contribution in [0.3, 0.4) is 0 Å². The van der Waals surface area contributed by atoms with Crippen molar-refractivity contribution in [1.82, 2.24) is 0 Å². The Kier molecular flexibility index (Phi) is 3.39. The maximum atomic E-state index is 12.7. The molecular formula is C15H12N2O4S. The van der Waals surface area contributed by atoms with Gasteiger partial charge in [-0.3, -0.25) is 4.31 Å². The van der Waals surface area contributed by atoms with Gasteiger partial charge in [-0.25, -0.2) is 8.42 Å². The number of benzene rings is 2. The first-order valence-corrected chi connectivity index (χ1v) is 7.86. The number of rotatable bonds is 3. The highest BCUT2D eigenvalue weighted by Gasteiger charge is 2.25. The third-order valence-corrected chi connectivity index (χ3v) is 5.21. The number of nitriles is 1. The lowest BCUT2D eigenvalue weighted by Crippen LogP contribution is -2.27. The van der Waals surface area contributed by atoms with E-state index in [1.54, 1.807) is 30.3 Å². The van der Waals surface area contributed by atoms with E-state index in [1.165, 1.54) is 19.2 Å². The van der Waals surface area contributed by atoms with Crippen LogP contribution in [0.25, 0.3) is 0 Å². The lowest BCUT2D eigenvalue weighted by molar-refractivity contribution is 0.174. The molecule has 6 nitrogen and oxygen atoms in total. The second-order valence-electron chi connectivity index (χ2n) is 4.62. The van der Waals surface area contributed by atoms with Gasteiger partial charge in [-0.1, -0.05) is 12.1 Å². The fourth-order valence-electron chi connectivity index (χ4n) is 2.15. The Morgan fingerprint density at radius 2 is 1.86 bits per heavy atom. The summed E-state index contributed by atoms with van der Waals surface area (Å²) in [5, 5.41) is 9.09. The van der Waals surface area contributed by atoms with Crippen molar-refractivity contribution in [2.24, 2.45) is 0 Å². The molecule has 7 heteroatoms. The summed E-state index contributed by atoms with van der Waals surface area (Å²) in [6.45, 7) is 0.118. The number of hydrogen-bond acceptors (Lipinski definition) is 5. The van der Waals surface area contributed by atoms with Crippen molar-refractivity contribution in [2.45, 2.75) is 4.90 Å². The molecule has 3 rings (SSSR count). The molecule has 0 atom stereocenters. The fourth-order valence-corrected chi connectivity index (χ4v) is 3.48. The van der Waals surface area contributed by atoms with E-state index < -0.39 is 10.0 Å². The predicted molar refractivity (Wildman–Crippen MR) is 79.3 cm³/mol. The molecule has 0 saturated heterocycles. The Morgan fingerprint density at radius 1 is 1.14 bits per heavy atom. The molecule has 0 spiro atoms. The van der Waals surface area contributed by atoms with Crippen LogP contribution in [0.15, 0.2) is 47.4 Å². The van der Waals surface area contributed by atoms with Crippen molar-refractivity contribution in [3.63, 3.8) is 0 Å². The molecule has 1 aliphatic heterocycles. The van der Waals surface area contributed by atoms with E-state index in [4.69, 9.17) is 14.7 Å². The van der Waals surface area contributed by atoms with Gasteiger partial charge in [0, 0.05) is 13.1 Å². The van der Waals surface area contributed by atoms with E-state index >= 15 is 0 Å². The van der Waals surface area contributed by atoms with Crippen LogP contribution in [0.4, 0.5) is 5.69 Å². The van der Waals surface area contributed by atoms with Gasteiger partial charge in [0.1, 0.15) is 11.0 Å². The third-order valence-electron chi connectivity index (χ3n) is 3.37. The van der Waals surface area contributed by atoms with Crippen LogP contribution < -0.4 is 13.8 Å². The van der Waals surface area contributed by atoms with Crippen molar-refractivity contribution >= 4 is 15.7 Å². The van der Waals surface area contributed by atoms with Gasteiger partial charge in [-0.2, -0.15) is 5.26 Å². The van der Waals surface area contributed by atoms with Gasteiger partial charge in [-0.15, -0.1) is 0 Å². The lowest BCUT2D eigenvalue weighted by Gasteiger charge is -2.20. The number of nitrogens with zero attached hydrogens (tertiary/aromatic N) is 2. The average molecular weight is 316 g/mol. The summed E-state index contributed by atoms with van der Waals surface area (Å²) in [7, 11) is -2.41. The van der Waals surface area contributed by atoms with Crippen molar-refractivity contribution in [3.8, 4) is 17.6 Å². The van der Waals surface area contributed by atoms with Gasteiger partial charge in [0.25, 0.3) is 10.0 Å². The zero-order valence-corrected chi connectivity index (χ0v) is 12.5. The Labute approximate surface area is 128 Å². The van der Waals surface area contributed by atoms with Gasteiger partial charge >= 0.3 is 0 Å². The van der Waals surface area contributed by atoms with Crippen molar-refractivity contribution in [1.29, 1.82) is 5.26 Å². The number of fused-ring (bicyclic) bond motifs is 1. The maximum absolute atomic E-state index is 12.7. The molecule has 0 aliphatic carbocycles. The molecule has 0 unspecified atom stereocenters. The van der Waals surface area contributed by atoms with Crippen LogP contribution in [0, 0.1) is 11.3 Å². The third kappa shape index (κ3) is 2.23. The van der Waals surface area contributed by atoms with Crippen LogP contribution in [0.5, 0.6) is 11.5 Å². The summed E-state index contributed by atoms with van der Waals surface area (Å²) >= 11 is 0. The first kappa shape index (κ1) is 14.2. The lowest BCUT2D eigenvalue weighted by atomic mass is 10.2. The monoisotopic (exact) mass is 316 g/mol. The summed E-state index contributed by atoms with van der Waals surface area (Å²) in [6.07, 6.45) is 0. The second kappa shape index (κ2) is 5.24. The smallest absolute Gasteiger partial charge is 0.265 e. The summed E-state index contributed by atoms with van der Waals surface area (Å²) in [5.41, 5.74) is 0.534. The molecule has 0 radical (unpaired) electrons. The first-order chi connectivity index (χ1) is 10.5. The zero-order chi connectivity index (χ0) is 15.7. The van der Waals surface area contributed by atoms with Crippen LogP contribution in [0.1, 0.15) is 5.56 Å². The van der Waals surface area contributed by atoms with Crippen LogP contribution in [-0.4, -0.2) is 22.3 Å². The molecule has 0 amide bonds. The van der Waals surface area contributed by atoms with Crippen molar-refractivity contribution in [3.05, 3.63) is 48.0 Å². The maximum Gasteiger partial charge on any atom is 0.265 e. The standard InChI is InChI=1S/C15H12N2O4S/c1-17(12-6-7-13-14(8-12)21-10-20-13)22(18,19)15-5-3-2-4-11(15)9-16/h2-8H,10H2,1H3. The Morgan fingerprint density at radius 3 is 2.64 bits per heavy atom. The summed E-state index contributed by atoms with van der Waals surface area (Å²) < 4.78 is 37.0. The molecule has 0 bridgehead atoms. The Bertz CT molecular complexity index is 871. The minimum absolute atomic E-state index is 0.0299. The zero-order valence-electron chi connectivity index (χ0n) is 11.7. The van der Waals surface area contributed by atoms with Crippen LogP contribution in [0.2, 0.25) is 0 Å². The molecular weight excluding hydrogens is 304 g/mol. The van der Waals surface area contributed by atoms with Crippen molar-refractivity contribution in [2.75, 3.05) is 18.1 Å². The van der Waals surface area contributed by atoms with Crippen LogP contribution in [-0.2, 0) is 10.0 Å². The van der Waals surface area contributed by atoms with Gasteiger partial charge in [0.2, 0.25) is 6.79 Å². The summed E-state index contributed by atoms with van der Waals surface area (Å²) in [5.74, 6) is 1.07. The molecule has 22 heavy (non-hydrogen) atoms. The molecule has 0 saturated carbocycles. The van der Waals surface area contributed by atoms with E-state index in [2.05, 4.69) is 0 Å². The van der Waals surface area contributed by atoms with Gasteiger partial charge < -0.3 is 9.47 Å². The number of hydrogen-bond donors (Lipinski definition) is 0. The number of ether oxygens (including phenoxy) is 2. The quantitative estimate of drug-likeness (QED) is 0.866. The first-order valence-electron chi connectivity index (χ1n) is 6.42. The number of anilines is 1. The summed E-state index contributed by atoms with van der Waals surface area (Å²) in [4.78, 5) is -0.0299. The fraction of sp³-hybridized carbons (Fsp3) is 0.133. The highest BCUT2D eigenvalue weighted by Crippen LogP contribution is 2.36. The molecule has 0 fully saturated rings. The van der Waals surface area contributed by atoms with Crippen LogP contribution >= 0.6 is 0 Å². The normalized spacial score (nSPS) is 12.7. The summed E-state index contributed by atoms with van der Waals surface area (Å²) in [6, 6.07) is 12.9. The molecule has 2 aromatic carbocycles. The van der Waals surface area contributed by atoms with Gasteiger partial charge in [0.15, 0.2) is 11.5 Å². The predicted octanol–water partition coefficient (Wildman–Crippen LogP) is 2.11. The molecule has 112 valence electrons. The van der Waals surface area contributed by atoms with E-state index in [0.717, 1.165) is 4.31 Å². The molecule has 2 aromatic rings. The topological polar surface area (TPSA) is 79.6 Å². The van der Waals surface area contributed by atoms with E-state index in [9.17, 15) is 8.42 Å². The molecule has 0 N–H and O–H groups in total. The largest absolute Gasteiger partial charge is 0.454 e. The van der Waals surface area contributed by atoms with Gasteiger partial charge in [-0.05, 0) is 24.3 Å².